The Balaban J connectivity index is 1.29. The normalized spacial score (nSPS) is 15.4. The number of carbonyl (C=O) groups is 1. The smallest absolute Gasteiger partial charge is 0.234 e. The van der Waals surface area contributed by atoms with Crippen molar-refractivity contribution >= 4 is 34.3 Å². The fourth-order valence-electron chi connectivity index (χ4n) is 4.09. The number of aromatic nitrogens is 4. The minimum Gasteiger partial charge on any atom is -0.483 e. The second kappa shape index (κ2) is 10.9. The quantitative estimate of drug-likeness (QED) is 0.343. The minimum absolute atomic E-state index is 0.0908. The number of hydrogen-bond donors (Lipinski definition) is 1. The molecule has 0 spiro atoms. The van der Waals surface area contributed by atoms with Gasteiger partial charge >= 0.3 is 0 Å². The van der Waals surface area contributed by atoms with Crippen LogP contribution in [0.5, 0.6) is 5.75 Å². The largest absolute Gasteiger partial charge is 0.483 e. The van der Waals surface area contributed by atoms with Crippen LogP contribution in [0.1, 0.15) is 24.2 Å². The number of anilines is 1. The molecule has 1 atom stereocenters. The highest BCUT2D eigenvalue weighted by atomic mass is 32.2. The summed E-state index contributed by atoms with van der Waals surface area (Å²) < 4.78 is 14.0. The predicted molar refractivity (Wildman–Crippen MR) is 136 cm³/mol. The molecule has 2 aromatic heterocycles. The molecule has 1 amide bonds. The predicted octanol–water partition coefficient (Wildman–Crippen LogP) is 4.62. The number of para-hydroxylation sites is 1. The van der Waals surface area contributed by atoms with Crippen molar-refractivity contribution in [1.82, 2.24) is 19.7 Å². The van der Waals surface area contributed by atoms with Crippen LogP contribution in [-0.4, -0.2) is 44.1 Å². The van der Waals surface area contributed by atoms with Gasteiger partial charge in [-0.2, -0.15) is 0 Å². The average molecular weight is 490 g/mol. The van der Waals surface area contributed by atoms with Crippen LogP contribution in [0.15, 0.2) is 66.0 Å². The van der Waals surface area contributed by atoms with Gasteiger partial charge in [0.2, 0.25) is 5.91 Å². The van der Waals surface area contributed by atoms with E-state index in [1.54, 1.807) is 6.20 Å². The molecule has 9 heteroatoms. The Bertz CT molecular complexity index is 1310. The molecule has 0 saturated carbocycles. The first-order valence-electron chi connectivity index (χ1n) is 11.7. The second-order valence-corrected chi connectivity index (χ2v) is 9.41. The number of fused-ring (bicyclic) bond motifs is 1. The Morgan fingerprint density at radius 2 is 2.09 bits per heavy atom. The van der Waals surface area contributed by atoms with Crippen LogP contribution >= 0.6 is 11.8 Å². The highest BCUT2D eigenvalue weighted by molar-refractivity contribution is 7.99. The number of pyridine rings is 1. The van der Waals surface area contributed by atoms with Gasteiger partial charge in [-0.25, -0.2) is 0 Å². The van der Waals surface area contributed by atoms with Crippen molar-refractivity contribution in [2.45, 2.75) is 44.2 Å². The number of benzene rings is 2. The van der Waals surface area contributed by atoms with Gasteiger partial charge in [-0.1, -0.05) is 42.1 Å². The van der Waals surface area contributed by atoms with E-state index in [1.165, 1.54) is 11.8 Å². The number of ether oxygens (including phenoxy) is 2. The molecule has 0 aliphatic carbocycles. The third-order valence-corrected chi connectivity index (χ3v) is 6.76. The molecule has 8 nitrogen and oxygen atoms in total. The number of nitrogens with one attached hydrogen (secondary N) is 1. The van der Waals surface area contributed by atoms with Gasteiger partial charge in [0.15, 0.2) is 11.0 Å². The first-order valence-corrected chi connectivity index (χ1v) is 12.6. The summed E-state index contributed by atoms with van der Waals surface area (Å²) in [4.78, 5) is 17.0. The van der Waals surface area contributed by atoms with Gasteiger partial charge in [-0.05, 0) is 49.6 Å². The lowest BCUT2D eigenvalue weighted by Crippen LogP contribution is -2.19. The van der Waals surface area contributed by atoms with Gasteiger partial charge in [-0.15, -0.1) is 10.2 Å². The molecule has 1 fully saturated rings. The molecule has 0 radical (unpaired) electrons. The lowest BCUT2D eigenvalue weighted by atomic mass is 10.2. The molecule has 1 aliphatic heterocycles. The zero-order valence-corrected chi connectivity index (χ0v) is 20.3. The third-order valence-electron chi connectivity index (χ3n) is 5.79. The van der Waals surface area contributed by atoms with Gasteiger partial charge in [0, 0.05) is 23.9 Å². The highest BCUT2D eigenvalue weighted by Gasteiger charge is 2.22. The van der Waals surface area contributed by atoms with E-state index in [-0.39, 0.29) is 24.4 Å². The van der Waals surface area contributed by atoms with Gasteiger partial charge in [0.25, 0.3) is 0 Å². The number of thioether (sulfide) groups is 1. The third kappa shape index (κ3) is 5.80. The summed E-state index contributed by atoms with van der Waals surface area (Å²) in [6, 6.07) is 17.5. The number of rotatable bonds is 9. The van der Waals surface area contributed by atoms with E-state index >= 15 is 0 Å². The van der Waals surface area contributed by atoms with Crippen LogP contribution in [0.25, 0.3) is 10.9 Å². The van der Waals surface area contributed by atoms with Crippen molar-refractivity contribution in [1.29, 1.82) is 0 Å². The standard InChI is InChI=1S/C26H27N5O3S/c1-18-6-2-9-20(14-18)28-24(32)17-35-26-30-29-23(31(26)15-21-10-5-13-33-21)16-34-22-11-3-7-19-8-4-12-27-25(19)22/h2-4,6-9,11-12,14,21H,5,10,13,15-17H2,1H3,(H,28,32)/t21-/m0/s1. The number of aryl methyl sites for hydroxylation is 1. The van der Waals surface area contributed by atoms with E-state index in [0.717, 1.165) is 41.6 Å². The monoisotopic (exact) mass is 489 g/mol. The van der Waals surface area contributed by atoms with E-state index in [0.29, 0.717) is 23.3 Å². The van der Waals surface area contributed by atoms with Crippen molar-refractivity contribution < 1.29 is 14.3 Å². The maximum atomic E-state index is 12.5. The molecule has 3 heterocycles. The summed E-state index contributed by atoms with van der Waals surface area (Å²) in [5, 5.41) is 13.4. The van der Waals surface area contributed by atoms with Crippen molar-refractivity contribution in [3.8, 4) is 5.75 Å². The molecule has 0 unspecified atom stereocenters. The van der Waals surface area contributed by atoms with E-state index < -0.39 is 0 Å². The fourth-order valence-corrected chi connectivity index (χ4v) is 4.86. The summed E-state index contributed by atoms with van der Waals surface area (Å²) in [7, 11) is 0. The molecule has 1 aliphatic rings. The Morgan fingerprint density at radius 1 is 1.20 bits per heavy atom. The van der Waals surface area contributed by atoms with Crippen molar-refractivity contribution in [2.24, 2.45) is 0 Å². The maximum Gasteiger partial charge on any atom is 0.234 e. The second-order valence-electron chi connectivity index (χ2n) is 8.47. The molecular weight excluding hydrogens is 462 g/mol. The topological polar surface area (TPSA) is 91.2 Å². The van der Waals surface area contributed by atoms with Crippen LogP contribution in [0.3, 0.4) is 0 Å². The van der Waals surface area contributed by atoms with E-state index in [1.807, 2.05) is 66.1 Å². The molecule has 35 heavy (non-hydrogen) atoms. The molecule has 1 saturated heterocycles. The van der Waals surface area contributed by atoms with Crippen LogP contribution in [0.4, 0.5) is 5.69 Å². The summed E-state index contributed by atoms with van der Waals surface area (Å²) >= 11 is 1.36. The average Bonchev–Trinajstić information content (AvgIpc) is 3.52. The molecular formula is C26H27N5O3S. The van der Waals surface area contributed by atoms with Crippen LogP contribution in [-0.2, 0) is 22.7 Å². The van der Waals surface area contributed by atoms with Gasteiger partial charge < -0.3 is 19.4 Å². The van der Waals surface area contributed by atoms with Gasteiger partial charge in [0.05, 0.1) is 18.4 Å². The van der Waals surface area contributed by atoms with E-state index in [4.69, 9.17) is 9.47 Å². The zero-order chi connectivity index (χ0) is 24.0. The molecule has 1 N–H and O–H groups in total. The summed E-state index contributed by atoms with van der Waals surface area (Å²) in [6.07, 6.45) is 3.89. The number of carbonyl (C=O) groups excluding carboxylic acids is 1. The van der Waals surface area contributed by atoms with Crippen molar-refractivity contribution in [3.63, 3.8) is 0 Å². The molecule has 180 valence electrons. The summed E-state index contributed by atoms with van der Waals surface area (Å²) in [6.45, 7) is 3.63. The van der Waals surface area contributed by atoms with Crippen LogP contribution in [0, 0.1) is 6.92 Å². The van der Waals surface area contributed by atoms with Crippen LogP contribution < -0.4 is 10.1 Å². The van der Waals surface area contributed by atoms with Crippen molar-refractivity contribution in [3.05, 3.63) is 72.2 Å². The Hall–Kier alpha value is -3.43. The minimum atomic E-state index is -0.0908. The highest BCUT2D eigenvalue weighted by Crippen LogP contribution is 2.26. The van der Waals surface area contributed by atoms with E-state index in [2.05, 4.69) is 20.5 Å². The molecule has 4 aromatic rings. The molecule has 2 aromatic carbocycles. The first kappa shape index (κ1) is 23.3. The fraction of sp³-hybridized carbons (Fsp3) is 0.308. The summed E-state index contributed by atoms with van der Waals surface area (Å²) in [5.74, 6) is 1.52. The number of hydrogen-bond acceptors (Lipinski definition) is 7. The lowest BCUT2D eigenvalue weighted by molar-refractivity contribution is -0.113. The van der Waals surface area contributed by atoms with Gasteiger partial charge in [0.1, 0.15) is 17.9 Å². The zero-order valence-electron chi connectivity index (χ0n) is 19.5. The summed E-state index contributed by atoms with van der Waals surface area (Å²) in [5.41, 5.74) is 2.69. The Labute approximate surface area is 208 Å². The van der Waals surface area contributed by atoms with Gasteiger partial charge in [-0.3, -0.25) is 9.78 Å². The Morgan fingerprint density at radius 3 is 2.94 bits per heavy atom. The van der Waals surface area contributed by atoms with Crippen LogP contribution in [0.2, 0.25) is 0 Å². The van der Waals surface area contributed by atoms with E-state index in [9.17, 15) is 4.79 Å². The molecule has 5 rings (SSSR count). The number of amides is 1. The first-order chi connectivity index (χ1) is 17.2. The lowest BCUT2D eigenvalue weighted by Gasteiger charge is -2.15. The molecule has 0 bridgehead atoms. The Kier molecular flexibility index (Phi) is 7.25. The maximum absolute atomic E-state index is 12.5. The number of nitrogens with zero attached hydrogens (tertiary/aromatic N) is 4. The van der Waals surface area contributed by atoms with Crippen molar-refractivity contribution in [2.75, 3.05) is 17.7 Å². The SMILES string of the molecule is Cc1cccc(NC(=O)CSc2nnc(COc3cccc4cccnc34)n2C[C@@H]2CCCO2)c1.